The van der Waals surface area contributed by atoms with Crippen molar-refractivity contribution in [2.45, 2.75) is 27.7 Å². The van der Waals surface area contributed by atoms with Crippen molar-refractivity contribution >= 4 is 17.4 Å². The summed E-state index contributed by atoms with van der Waals surface area (Å²) in [5.41, 5.74) is 0. The molecule has 0 aromatic rings. The lowest BCUT2D eigenvalue weighted by atomic mass is 9.86. The van der Waals surface area contributed by atoms with Crippen LogP contribution in [0.4, 0.5) is 0 Å². The summed E-state index contributed by atoms with van der Waals surface area (Å²) in [6, 6.07) is 0. The van der Waals surface area contributed by atoms with E-state index in [-0.39, 0.29) is 0 Å². The Balaban J connectivity index is 3.99. The number of aliphatic imine (C=N–C) groups is 1. The fourth-order valence-electron chi connectivity index (χ4n) is 1.33. The summed E-state index contributed by atoms with van der Waals surface area (Å²) >= 11 is 4.53. The van der Waals surface area contributed by atoms with Gasteiger partial charge in [0.1, 0.15) is 0 Å². The Kier molecular flexibility index (Phi) is 5.35. The topological polar surface area (TPSA) is 12.4 Å². The highest BCUT2D eigenvalue weighted by Crippen LogP contribution is 2.20. The third-order valence-electron chi connectivity index (χ3n) is 2.08. The fraction of sp³-hybridized carbons (Fsp3) is 0.889. The van der Waals surface area contributed by atoms with E-state index in [0.717, 1.165) is 6.54 Å². The normalized spacial score (nSPS) is 10.8. The second-order valence-corrected chi connectivity index (χ2v) is 3.77. The number of isothiocyanates is 1. The molecule has 0 rings (SSSR count). The third kappa shape index (κ3) is 4.28. The van der Waals surface area contributed by atoms with E-state index in [1.165, 1.54) is 0 Å². The van der Waals surface area contributed by atoms with E-state index in [4.69, 9.17) is 0 Å². The summed E-state index contributed by atoms with van der Waals surface area (Å²) < 4.78 is 0. The van der Waals surface area contributed by atoms with Crippen LogP contribution in [0.2, 0.25) is 0 Å². The Morgan fingerprint density at radius 3 is 1.91 bits per heavy atom. The molecule has 0 fully saturated rings. The number of hydrogen-bond donors (Lipinski definition) is 0. The Hall–Kier alpha value is -0.200. The molecule has 11 heavy (non-hydrogen) atoms. The van der Waals surface area contributed by atoms with Crippen molar-refractivity contribution < 1.29 is 0 Å². The molecule has 0 aliphatic carbocycles. The van der Waals surface area contributed by atoms with Crippen LogP contribution >= 0.6 is 12.2 Å². The molecule has 0 spiro atoms. The van der Waals surface area contributed by atoms with Gasteiger partial charge >= 0.3 is 0 Å². The molecular formula is C9H17NS. The Morgan fingerprint density at radius 1 is 1.18 bits per heavy atom. The van der Waals surface area contributed by atoms with Crippen LogP contribution < -0.4 is 0 Å². The van der Waals surface area contributed by atoms with Crippen molar-refractivity contribution in [1.29, 1.82) is 0 Å². The summed E-state index contributed by atoms with van der Waals surface area (Å²) in [7, 11) is 0. The predicted molar refractivity (Wildman–Crippen MR) is 53.1 cm³/mol. The molecule has 1 nitrogen and oxygen atoms in total. The average Bonchev–Trinajstić information content (AvgIpc) is 1.87. The van der Waals surface area contributed by atoms with Gasteiger partial charge < -0.3 is 0 Å². The lowest BCUT2D eigenvalue weighted by Crippen LogP contribution is -2.18. The summed E-state index contributed by atoms with van der Waals surface area (Å²) in [5.74, 6) is 2.01. The van der Waals surface area contributed by atoms with E-state index in [1.54, 1.807) is 0 Å². The second kappa shape index (κ2) is 5.45. The van der Waals surface area contributed by atoms with Gasteiger partial charge in [-0.1, -0.05) is 27.7 Å². The van der Waals surface area contributed by atoms with E-state index in [1.807, 2.05) is 0 Å². The minimum atomic E-state index is 0.644. The summed E-state index contributed by atoms with van der Waals surface area (Å²) in [5, 5.41) is 2.42. The average molecular weight is 171 g/mol. The van der Waals surface area contributed by atoms with E-state index in [9.17, 15) is 0 Å². The molecule has 0 bridgehead atoms. The lowest BCUT2D eigenvalue weighted by Gasteiger charge is -2.21. The molecule has 0 aromatic heterocycles. The molecule has 0 saturated carbocycles. The molecule has 0 heterocycles. The fourth-order valence-corrected chi connectivity index (χ4v) is 1.41. The van der Waals surface area contributed by atoms with Crippen molar-refractivity contribution in [2.24, 2.45) is 22.7 Å². The summed E-state index contributed by atoms with van der Waals surface area (Å²) in [6.45, 7) is 9.74. The highest BCUT2D eigenvalue weighted by atomic mass is 32.1. The molecule has 0 N–H and O–H groups in total. The molecule has 0 aliphatic heterocycles. The Labute approximate surface area is 74.9 Å². The molecular weight excluding hydrogens is 154 g/mol. The first-order valence-corrected chi connectivity index (χ1v) is 4.54. The monoisotopic (exact) mass is 171 g/mol. The minimum absolute atomic E-state index is 0.644. The van der Waals surface area contributed by atoms with Gasteiger partial charge in [-0.05, 0) is 30.0 Å². The molecule has 0 unspecified atom stereocenters. The molecule has 0 saturated heterocycles. The van der Waals surface area contributed by atoms with Crippen LogP contribution in [0.15, 0.2) is 4.99 Å². The maximum atomic E-state index is 4.53. The van der Waals surface area contributed by atoms with Gasteiger partial charge in [0.2, 0.25) is 0 Å². The first-order valence-electron chi connectivity index (χ1n) is 4.13. The van der Waals surface area contributed by atoms with Crippen LogP contribution in [0.25, 0.3) is 0 Å². The molecule has 64 valence electrons. The van der Waals surface area contributed by atoms with Gasteiger partial charge in [0.05, 0.1) is 11.7 Å². The summed E-state index contributed by atoms with van der Waals surface area (Å²) in [4.78, 5) is 3.98. The van der Waals surface area contributed by atoms with Crippen LogP contribution in [0.1, 0.15) is 27.7 Å². The van der Waals surface area contributed by atoms with Gasteiger partial charge in [-0.15, -0.1) is 0 Å². The van der Waals surface area contributed by atoms with Crippen molar-refractivity contribution in [1.82, 2.24) is 0 Å². The zero-order valence-electron chi connectivity index (χ0n) is 7.79. The number of thiocarbonyl (C=S) groups is 1. The molecule has 0 radical (unpaired) electrons. The minimum Gasteiger partial charge on any atom is -0.232 e. The third-order valence-corrected chi connectivity index (χ3v) is 2.21. The molecule has 0 aromatic carbocycles. The maximum absolute atomic E-state index is 4.53. The van der Waals surface area contributed by atoms with Crippen LogP contribution in [-0.4, -0.2) is 11.7 Å². The number of nitrogens with zero attached hydrogens (tertiary/aromatic N) is 1. The number of hydrogen-bond acceptors (Lipinski definition) is 2. The first kappa shape index (κ1) is 10.8. The zero-order chi connectivity index (χ0) is 8.85. The lowest BCUT2D eigenvalue weighted by molar-refractivity contribution is 0.298. The van der Waals surface area contributed by atoms with E-state index in [0.29, 0.717) is 17.8 Å². The SMILES string of the molecule is CC(C)C(CN=C=S)C(C)C. The number of rotatable bonds is 4. The molecule has 2 heteroatoms. The van der Waals surface area contributed by atoms with Crippen molar-refractivity contribution in [3.63, 3.8) is 0 Å². The Bertz CT molecular complexity index is 138. The predicted octanol–water partition coefficient (Wildman–Crippen LogP) is 3.02. The van der Waals surface area contributed by atoms with Gasteiger partial charge in [0.15, 0.2) is 0 Å². The van der Waals surface area contributed by atoms with E-state index >= 15 is 0 Å². The smallest absolute Gasteiger partial charge is 0.0585 e. The maximum Gasteiger partial charge on any atom is 0.0585 e. The van der Waals surface area contributed by atoms with Crippen molar-refractivity contribution in [3.05, 3.63) is 0 Å². The van der Waals surface area contributed by atoms with Crippen molar-refractivity contribution in [3.8, 4) is 0 Å². The Morgan fingerprint density at radius 2 is 1.64 bits per heavy atom. The van der Waals surface area contributed by atoms with Gasteiger partial charge in [0.25, 0.3) is 0 Å². The molecule has 0 aliphatic rings. The second-order valence-electron chi connectivity index (χ2n) is 3.58. The van der Waals surface area contributed by atoms with Crippen LogP contribution in [-0.2, 0) is 0 Å². The van der Waals surface area contributed by atoms with Gasteiger partial charge in [-0.2, -0.15) is 0 Å². The van der Waals surface area contributed by atoms with Gasteiger partial charge in [0, 0.05) is 0 Å². The van der Waals surface area contributed by atoms with Gasteiger partial charge in [-0.3, -0.25) is 0 Å². The largest absolute Gasteiger partial charge is 0.232 e. The van der Waals surface area contributed by atoms with E-state index < -0.39 is 0 Å². The molecule has 0 atom stereocenters. The molecule has 0 amide bonds. The zero-order valence-corrected chi connectivity index (χ0v) is 8.61. The van der Waals surface area contributed by atoms with Crippen LogP contribution in [0, 0.1) is 17.8 Å². The van der Waals surface area contributed by atoms with E-state index in [2.05, 4.69) is 50.1 Å². The standard InChI is InChI=1S/C9H17NS/c1-7(2)9(8(3)4)5-10-6-11/h7-9H,5H2,1-4H3. The van der Waals surface area contributed by atoms with Crippen molar-refractivity contribution in [2.75, 3.05) is 6.54 Å². The van der Waals surface area contributed by atoms with Crippen LogP contribution in [0.5, 0.6) is 0 Å². The van der Waals surface area contributed by atoms with Crippen LogP contribution in [0.3, 0.4) is 0 Å². The summed E-state index contributed by atoms with van der Waals surface area (Å²) in [6.07, 6.45) is 0. The first-order chi connectivity index (χ1) is 5.09. The quantitative estimate of drug-likeness (QED) is 0.468. The van der Waals surface area contributed by atoms with Gasteiger partial charge in [-0.25, -0.2) is 4.99 Å². The highest BCUT2D eigenvalue weighted by Gasteiger charge is 2.16. The highest BCUT2D eigenvalue weighted by molar-refractivity contribution is 7.78.